The first-order chi connectivity index (χ1) is 4.88. The minimum atomic E-state index is 0. The van der Waals surface area contributed by atoms with Gasteiger partial charge in [-0.15, -0.1) is 5.10 Å². The Morgan fingerprint density at radius 3 is 2.82 bits per heavy atom. The van der Waals surface area contributed by atoms with E-state index in [2.05, 4.69) is 23.1 Å². The Hall–Kier alpha value is -0.0300. The number of para-hydroxylation sites is 1. The summed E-state index contributed by atoms with van der Waals surface area (Å²) in [6.07, 6.45) is 0. The Labute approximate surface area is 93.1 Å². The van der Waals surface area contributed by atoms with Gasteiger partial charge in [0, 0.05) is 0 Å². The number of rotatable bonds is 0. The van der Waals surface area contributed by atoms with E-state index in [1.54, 1.807) is 0 Å². The predicted molar refractivity (Wildman–Crippen MR) is 43.0 cm³/mol. The van der Waals surface area contributed by atoms with Crippen LogP contribution < -0.4 is 29.6 Å². The van der Waals surface area contributed by atoms with Gasteiger partial charge in [0.2, 0.25) is 0 Å². The van der Waals surface area contributed by atoms with Crippen LogP contribution >= 0.6 is 12.8 Å². The third-order valence-corrected chi connectivity index (χ3v) is 1.63. The standard InChI is InChI=1S/C6H5N3S.Na.H/c10-9-6-4-2-1-3-5(6)7-8-9;;/h1-4,10H;;/q;+1;-1. The van der Waals surface area contributed by atoms with Gasteiger partial charge in [-0.05, 0) is 24.9 Å². The first kappa shape index (κ1) is 9.06. The van der Waals surface area contributed by atoms with E-state index in [-0.39, 0.29) is 31.0 Å². The number of thiol groups is 1. The van der Waals surface area contributed by atoms with Crippen molar-refractivity contribution in [3.63, 3.8) is 0 Å². The predicted octanol–water partition coefficient (Wildman–Crippen LogP) is -1.76. The van der Waals surface area contributed by atoms with Crippen molar-refractivity contribution in [1.82, 2.24) is 14.4 Å². The van der Waals surface area contributed by atoms with Crippen molar-refractivity contribution >= 4 is 23.8 Å². The second-order valence-electron chi connectivity index (χ2n) is 1.97. The number of aromatic nitrogens is 3. The van der Waals surface area contributed by atoms with Crippen LogP contribution in [0.1, 0.15) is 1.43 Å². The monoisotopic (exact) mass is 175 g/mol. The summed E-state index contributed by atoms with van der Waals surface area (Å²) in [6.45, 7) is 0. The normalized spacial score (nSPS) is 9.55. The molecule has 1 aromatic heterocycles. The molecule has 3 nitrogen and oxygen atoms in total. The molecule has 2 rings (SSSR count). The van der Waals surface area contributed by atoms with Gasteiger partial charge >= 0.3 is 29.6 Å². The average Bonchev–Trinajstić information content (AvgIpc) is 2.34. The van der Waals surface area contributed by atoms with Crippen LogP contribution in [0.15, 0.2) is 24.3 Å². The second kappa shape index (κ2) is 3.58. The van der Waals surface area contributed by atoms with Crippen molar-refractivity contribution in [3.05, 3.63) is 24.3 Å². The Balaban J connectivity index is 0.000000605. The Kier molecular flexibility index (Phi) is 2.95. The Bertz CT molecular complexity index is 364. The average molecular weight is 175 g/mol. The summed E-state index contributed by atoms with van der Waals surface area (Å²) in [5, 5.41) is 7.58. The first-order valence-corrected chi connectivity index (χ1v) is 3.27. The zero-order valence-corrected chi connectivity index (χ0v) is 8.99. The van der Waals surface area contributed by atoms with E-state index in [1.807, 2.05) is 24.3 Å². The maximum absolute atomic E-state index is 4.04. The van der Waals surface area contributed by atoms with Crippen LogP contribution in [0, 0.1) is 0 Å². The molecule has 0 saturated heterocycles. The minimum Gasteiger partial charge on any atom is -1.00 e. The smallest absolute Gasteiger partial charge is 1.00 e. The summed E-state index contributed by atoms with van der Waals surface area (Å²) in [6, 6.07) is 7.67. The maximum Gasteiger partial charge on any atom is 1.00 e. The number of nitrogens with zero attached hydrogens (tertiary/aromatic N) is 3. The van der Waals surface area contributed by atoms with E-state index in [9.17, 15) is 0 Å². The van der Waals surface area contributed by atoms with Crippen LogP contribution in [0.25, 0.3) is 11.0 Å². The largest absolute Gasteiger partial charge is 1.00 e. The molecule has 0 aliphatic heterocycles. The molecular weight excluding hydrogens is 169 g/mol. The summed E-state index contributed by atoms with van der Waals surface area (Å²) in [5.41, 5.74) is 1.81. The summed E-state index contributed by atoms with van der Waals surface area (Å²) in [7, 11) is 0. The number of hydrogen-bond donors (Lipinski definition) is 1. The fraction of sp³-hybridized carbons (Fsp3) is 0. The minimum absolute atomic E-state index is 0. The van der Waals surface area contributed by atoms with Crippen molar-refractivity contribution in [2.45, 2.75) is 0 Å². The molecule has 0 spiro atoms. The van der Waals surface area contributed by atoms with Crippen LogP contribution in [0.5, 0.6) is 0 Å². The van der Waals surface area contributed by atoms with E-state index in [1.165, 1.54) is 4.09 Å². The van der Waals surface area contributed by atoms with Crippen LogP contribution in [-0.4, -0.2) is 14.4 Å². The SMILES string of the molecule is Sn1nnc2ccccc21.[H-].[Na+]. The molecule has 1 heterocycles. The summed E-state index contributed by atoms with van der Waals surface area (Å²) < 4.78 is 1.45. The molecule has 5 heteroatoms. The van der Waals surface area contributed by atoms with Gasteiger partial charge in [0.15, 0.2) is 0 Å². The van der Waals surface area contributed by atoms with Crippen molar-refractivity contribution in [2.24, 2.45) is 0 Å². The van der Waals surface area contributed by atoms with E-state index < -0.39 is 0 Å². The van der Waals surface area contributed by atoms with Gasteiger partial charge in [-0.25, -0.2) is 0 Å². The van der Waals surface area contributed by atoms with E-state index in [4.69, 9.17) is 0 Å². The molecule has 0 amide bonds. The molecule has 1 aromatic carbocycles. The second-order valence-corrected chi connectivity index (χ2v) is 2.35. The number of fused-ring (bicyclic) bond motifs is 1. The summed E-state index contributed by atoms with van der Waals surface area (Å²) in [4.78, 5) is 0. The summed E-state index contributed by atoms with van der Waals surface area (Å²) >= 11 is 4.04. The molecule has 0 aliphatic rings. The van der Waals surface area contributed by atoms with E-state index in [0.29, 0.717) is 0 Å². The van der Waals surface area contributed by atoms with Gasteiger partial charge in [0.25, 0.3) is 0 Å². The molecule has 0 radical (unpaired) electrons. The topological polar surface area (TPSA) is 30.7 Å². The first-order valence-electron chi connectivity index (χ1n) is 2.87. The molecule has 0 saturated carbocycles. The number of hydrogen-bond acceptors (Lipinski definition) is 3. The number of benzene rings is 1. The van der Waals surface area contributed by atoms with Crippen LogP contribution in [0.4, 0.5) is 0 Å². The van der Waals surface area contributed by atoms with Crippen molar-refractivity contribution in [1.29, 1.82) is 0 Å². The third-order valence-electron chi connectivity index (χ3n) is 1.33. The molecule has 0 bridgehead atoms. The summed E-state index contributed by atoms with van der Waals surface area (Å²) in [5.74, 6) is 0. The van der Waals surface area contributed by atoms with Crippen molar-refractivity contribution < 1.29 is 31.0 Å². The molecule has 0 N–H and O–H groups in total. The maximum atomic E-state index is 4.04. The van der Waals surface area contributed by atoms with Crippen molar-refractivity contribution in [3.8, 4) is 0 Å². The third kappa shape index (κ3) is 1.59. The quantitative estimate of drug-likeness (QED) is 0.380. The van der Waals surface area contributed by atoms with Crippen LogP contribution in [-0.2, 0) is 0 Å². The van der Waals surface area contributed by atoms with Gasteiger partial charge in [-0.3, -0.25) is 0 Å². The van der Waals surface area contributed by atoms with Gasteiger partial charge in [0.1, 0.15) is 11.0 Å². The fourth-order valence-corrected chi connectivity index (χ4v) is 1.07. The Morgan fingerprint density at radius 2 is 2.09 bits per heavy atom. The molecule has 52 valence electrons. The van der Waals surface area contributed by atoms with Crippen LogP contribution in [0.2, 0.25) is 0 Å². The molecule has 11 heavy (non-hydrogen) atoms. The molecule has 2 aromatic rings. The fourth-order valence-electron chi connectivity index (χ4n) is 0.857. The van der Waals surface area contributed by atoms with Crippen molar-refractivity contribution in [2.75, 3.05) is 0 Å². The molecule has 0 unspecified atom stereocenters. The molecule has 0 aliphatic carbocycles. The zero-order chi connectivity index (χ0) is 6.97. The molecule has 0 atom stereocenters. The zero-order valence-electron chi connectivity index (χ0n) is 7.10. The molecule has 0 fully saturated rings. The van der Waals surface area contributed by atoms with Crippen LogP contribution in [0.3, 0.4) is 0 Å². The van der Waals surface area contributed by atoms with Gasteiger partial charge < -0.3 is 1.43 Å². The van der Waals surface area contributed by atoms with E-state index >= 15 is 0 Å². The van der Waals surface area contributed by atoms with Gasteiger partial charge in [0.05, 0.1) is 0 Å². The molecular formula is C6H6N3NaS. The van der Waals surface area contributed by atoms with Gasteiger partial charge in [-0.2, -0.15) is 4.09 Å². The Morgan fingerprint density at radius 1 is 1.36 bits per heavy atom. The van der Waals surface area contributed by atoms with Gasteiger partial charge in [-0.1, -0.05) is 17.3 Å². The van der Waals surface area contributed by atoms with E-state index in [0.717, 1.165) is 11.0 Å².